The lowest BCUT2D eigenvalue weighted by Crippen LogP contribution is -2.36. The zero-order valence-corrected chi connectivity index (χ0v) is 12.3. The molecule has 3 heteroatoms. The molecule has 2 nitrogen and oxygen atoms in total. The molecule has 104 valence electrons. The summed E-state index contributed by atoms with van der Waals surface area (Å²) in [6, 6.07) is 10.8. The monoisotopic (exact) mass is 277 g/mol. The summed E-state index contributed by atoms with van der Waals surface area (Å²) in [5.41, 5.74) is 0. The Morgan fingerprint density at radius 1 is 1.16 bits per heavy atom. The van der Waals surface area contributed by atoms with Gasteiger partial charge < -0.3 is 5.32 Å². The molecule has 19 heavy (non-hydrogen) atoms. The summed E-state index contributed by atoms with van der Waals surface area (Å²) in [7, 11) is 0. The van der Waals surface area contributed by atoms with E-state index >= 15 is 0 Å². The van der Waals surface area contributed by atoms with Crippen LogP contribution in [0.2, 0.25) is 0 Å². The Hall–Kier alpha value is -0.960. The second-order valence-corrected chi connectivity index (χ2v) is 6.34. The van der Waals surface area contributed by atoms with Crippen LogP contribution in [0.15, 0.2) is 35.2 Å². The van der Waals surface area contributed by atoms with Crippen LogP contribution in [0, 0.1) is 0 Å². The van der Waals surface area contributed by atoms with E-state index in [1.54, 1.807) is 0 Å². The number of hydrogen-bond acceptors (Lipinski definition) is 2. The van der Waals surface area contributed by atoms with Crippen LogP contribution in [-0.4, -0.2) is 17.7 Å². The second-order valence-electron chi connectivity index (χ2n) is 5.17. The lowest BCUT2D eigenvalue weighted by molar-refractivity contribution is -0.122. The van der Waals surface area contributed by atoms with Crippen molar-refractivity contribution in [3.63, 3.8) is 0 Å². The van der Waals surface area contributed by atoms with Crippen molar-refractivity contribution in [2.45, 2.75) is 55.9 Å². The zero-order valence-electron chi connectivity index (χ0n) is 11.4. The normalized spacial score (nSPS) is 16.2. The van der Waals surface area contributed by atoms with Crippen molar-refractivity contribution in [3.8, 4) is 0 Å². The van der Waals surface area contributed by atoms with Crippen molar-refractivity contribution >= 4 is 17.7 Å². The van der Waals surface area contributed by atoms with Crippen molar-refractivity contribution in [3.05, 3.63) is 30.3 Å². The van der Waals surface area contributed by atoms with Crippen LogP contribution < -0.4 is 5.32 Å². The van der Waals surface area contributed by atoms with E-state index in [0.717, 1.165) is 12.2 Å². The molecule has 1 aromatic carbocycles. The van der Waals surface area contributed by atoms with E-state index in [-0.39, 0.29) is 5.91 Å². The fraction of sp³-hybridized carbons (Fsp3) is 0.562. The Kier molecular flexibility index (Phi) is 6.28. The summed E-state index contributed by atoms with van der Waals surface area (Å²) in [4.78, 5) is 13.1. The van der Waals surface area contributed by atoms with E-state index in [4.69, 9.17) is 0 Å². The standard InChI is InChI=1S/C16H23NOS/c18-16(17-14-8-3-1-4-9-14)12-7-13-19-15-10-5-2-6-11-15/h2,5-6,10-11,14H,1,3-4,7-9,12-13H2,(H,17,18). The molecule has 0 heterocycles. The first-order valence-corrected chi connectivity index (χ1v) is 8.30. The summed E-state index contributed by atoms with van der Waals surface area (Å²) < 4.78 is 0. The third kappa shape index (κ3) is 5.68. The highest BCUT2D eigenvalue weighted by Crippen LogP contribution is 2.19. The molecule has 0 aliphatic heterocycles. The average molecular weight is 277 g/mol. The Morgan fingerprint density at radius 2 is 1.89 bits per heavy atom. The molecule has 0 bridgehead atoms. The molecule has 1 aliphatic rings. The molecular weight excluding hydrogens is 254 g/mol. The van der Waals surface area contributed by atoms with Crippen molar-refractivity contribution in [2.24, 2.45) is 0 Å². The summed E-state index contributed by atoms with van der Waals surface area (Å²) in [5, 5.41) is 3.17. The molecule has 1 fully saturated rings. The SMILES string of the molecule is O=C(CCCSc1ccccc1)NC1CCCCC1. The molecule has 1 aromatic rings. The molecule has 1 aliphatic carbocycles. The number of carbonyl (C=O) groups excluding carboxylic acids is 1. The van der Waals surface area contributed by atoms with Crippen LogP contribution in [0.5, 0.6) is 0 Å². The Morgan fingerprint density at radius 3 is 2.63 bits per heavy atom. The molecule has 0 spiro atoms. The first kappa shape index (κ1) is 14.4. The minimum Gasteiger partial charge on any atom is -0.353 e. The highest BCUT2D eigenvalue weighted by Gasteiger charge is 2.15. The largest absolute Gasteiger partial charge is 0.353 e. The van der Waals surface area contributed by atoms with Crippen LogP contribution >= 0.6 is 11.8 Å². The molecule has 0 saturated heterocycles. The minimum absolute atomic E-state index is 0.237. The third-order valence-corrected chi connectivity index (χ3v) is 4.63. The lowest BCUT2D eigenvalue weighted by atomic mass is 9.95. The van der Waals surface area contributed by atoms with Crippen LogP contribution in [-0.2, 0) is 4.79 Å². The maximum absolute atomic E-state index is 11.8. The van der Waals surface area contributed by atoms with Gasteiger partial charge >= 0.3 is 0 Å². The van der Waals surface area contributed by atoms with Crippen molar-refractivity contribution in [1.29, 1.82) is 0 Å². The van der Waals surface area contributed by atoms with Crippen LogP contribution in [0.25, 0.3) is 0 Å². The molecular formula is C16H23NOS. The number of thioether (sulfide) groups is 1. The van der Waals surface area contributed by atoms with Crippen LogP contribution in [0.3, 0.4) is 0 Å². The maximum atomic E-state index is 11.8. The third-order valence-electron chi connectivity index (χ3n) is 3.53. The topological polar surface area (TPSA) is 29.1 Å². The van der Waals surface area contributed by atoms with Gasteiger partial charge in [0.2, 0.25) is 5.91 Å². The molecule has 1 amide bonds. The van der Waals surface area contributed by atoms with Gasteiger partial charge in [-0.1, -0.05) is 37.5 Å². The quantitative estimate of drug-likeness (QED) is 0.629. The molecule has 1 N–H and O–H groups in total. The highest BCUT2D eigenvalue weighted by molar-refractivity contribution is 7.99. The smallest absolute Gasteiger partial charge is 0.220 e. The second kappa shape index (κ2) is 8.26. The predicted octanol–water partition coefficient (Wildman–Crippen LogP) is 4.01. The van der Waals surface area contributed by atoms with E-state index in [2.05, 4.69) is 29.6 Å². The first-order chi connectivity index (χ1) is 9.34. The molecule has 2 rings (SSSR count). The maximum Gasteiger partial charge on any atom is 0.220 e. The Bertz CT molecular complexity index is 374. The number of carbonyl (C=O) groups is 1. The molecule has 0 aromatic heterocycles. The Balaban J connectivity index is 1.56. The van der Waals surface area contributed by atoms with Gasteiger partial charge in [-0.05, 0) is 37.1 Å². The van der Waals surface area contributed by atoms with Crippen LogP contribution in [0.1, 0.15) is 44.9 Å². The van der Waals surface area contributed by atoms with E-state index in [1.165, 1.54) is 37.0 Å². The van der Waals surface area contributed by atoms with Gasteiger partial charge in [0.25, 0.3) is 0 Å². The molecule has 0 atom stereocenters. The summed E-state index contributed by atoms with van der Waals surface area (Å²) >= 11 is 1.83. The van der Waals surface area contributed by atoms with E-state index < -0.39 is 0 Å². The minimum atomic E-state index is 0.237. The highest BCUT2D eigenvalue weighted by atomic mass is 32.2. The van der Waals surface area contributed by atoms with Gasteiger partial charge in [0.1, 0.15) is 0 Å². The van der Waals surface area contributed by atoms with Gasteiger partial charge in [0, 0.05) is 17.4 Å². The predicted molar refractivity (Wildman–Crippen MR) is 81.4 cm³/mol. The van der Waals surface area contributed by atoms with Crippen molar-refractivity contribution < 1.29 is 4.79 Å². The van der Waals surface area contributed by atoms with Gasteiger partial charge in [-0.15, -0.1) is 11.8 Å². The molecule has 1 saturated carbocycles. The fourth-order valence-corrected chi connectivity index (χ4v) is 3.36. The first-order valence-electron chi connectivity index (χ1n) is 7.32. The van der Waals surface area contributed by atoms with Gasteiger partial charge in [-0.3, -0.25) is 4.79 Å². The van der Waals surface area contributed by atoms with Gasteiger partial charge in [-0.2, -0.15) is 0 Å². The lowest BCUT2D eigenvalue weighted by Gasteiger charge is -2.22. The van der Waals surface area contributed by atoms with Gasteiger partial charge in [0.05, 0.1) is 0 Å². The summed E-state index contributed by atoms with van der Waals surface area (Å²) in [5.74, 6) is 1.25. The van der Waals surface area contributed by atoms with Crippen LogP contribution in [0.4, 0.5) is 0 Å². The molecule has 0 radical (unpaired) electrons. The van der Waals surface area contributed by atoms with Crippen molar-refractivity contribution in [1.82, 2.24) is 5.32 Å². The average Bonchev–Trinajstić information content (AvgIpc) is 2.46. The summed E-state index contributed by atoms with van der Waals surface area (Å²) in [6.07, 6.45) is 7.84. The fourth-order valence-electron chi connectivity index (χ4n) is 2.49. The molecule has 0 unspecified atom stereocenters. The van der Waals surface area contributed by atoms with E-state index in [9.17, 15) is 4.79 Å². The van der Waals surface area contributed by atoms with Crippen molar-refractivity contribution in [2.75, 3.05) is 5.75 Å². The Labute approximate surface area is 120 Å². The number of benzene rings is 1. The van der Waals surface area contributed by atoms with Gasteiger partial charge in [-0.25, -0.2) is 0 Å². The number of nitrogens with one attached hydrogen (secondary N) is 1. The number of rotatable bonds is 6. The number of amides is 1. The van der Waals surface area contributed by atoms with E-state index in [0.29, 0.717) is 12.5 Å². The zero-order chi connectivity index (χ0) is 13.3. The summed E-state index contributed by atoms with van der Waals surface area (Å²) in [6.45, 7) is 0. The van der Waals surface area contributed by atoms with Gasteiger partial charge in [0.15, 0.2) is 0 Å². The van der Waals surface area contributed by atoms with E-state index in [1.807, 2.05) is 17.8 Å². The number of hydrogen-bond donors (Lipinski definition) is 1.